The molecular formula is C21H23FN2O3. The molecule has 27 heavy (non-hydrogen) atoms. The first-order chi connectivity index (χ1) is 12.8. The molecular weight excluding hydrogens is 347 g/mol. The minimum atomic E-state index is -0.973. The highest BCUT2D eigenvalue weighted by Crippen LogP contribution is 2.28. The van der Waals surface area contributed by atoms with E-state index >= 15 is 0 Å². The molecule has 6 heteroatoms. The average Bonchev–Trinajstić information content (AvgIpc) is 2.86. The van der Waals surface area contributed by atoms with Gasteiger partial charge in [0.25, 0.3) is 5.91 Å². The molecule has 3 amide bonds. The van der Waals surface area contributed by atoms with Crippen LogP contribution in [0.25, 0.3) is 0 Å². The lowest BCUT2D eigenvalue weighted by atomic mass is 10.00. The number of halogens is 1. The first-order valence-electron chi connectivity index (χ1n) is 8.97. The van der Waals surface area contributed by atoms with Gasteiger partial charge in [-0.15, -0.1) is 0 Å². The highest BCUT2D eigenvalue weighted by molar-refractivity contribution is 6.14. The summed E-state index contributed by atoms with van der Waals surface area (Å²) in [7, 11) is 0. The van der Waals surface area contributed by atoms with Crippen molar-refractivity contribution in [1.82, 2.24) is 4.90 Å². The normalized spacial score (nSPS) is 18.5. The maximum absolute atomic E-state index is 13.1. The van der Waals surface area contributed by atoms with Crippen LogP contribution in [0.5, 0.6) is 0 Å². The molecule has 2 aromatic rings. The van der Waals surface area contributed by atoms with Crippen molar-refractivity contribution in [3.05, 3.63) is 65.5 Å². The predicted molar refractivity (Wildman–Crippen MR) is 101 cm³/mol. The molecule has 0 unspecified atom stereocenters. The summed E-state index contributed by atoms with van der Waals surface area (Å²) >= 11 is 0. The number of urea groups is 1. The molecule has 1 aliphatic heterocycles. The van der Waals surface area contributed by atoms with Crippen LogP contribution in [0.3, 0.4) is 0 Å². The van der Waals surface area contributed by atoms with E-state index in [-0.39, 0.29) is 12.5 Å². The first kappa shape index (κ1) is 19.0. The van der Waals surface area contributed by atoms with Gasteiger partial charge < -0.3 is 5.11 Å². The van der Waals surface area contributed by atoms with Gasteiger partial charge >= 0.3 is 6.03 Å². The van der Waals surface area contributed by atoms with Crippen LogP contribution in [0.1, 0.15) is 43.9 Å². The summed E-state index contributed by atoms with van der Waals surface area (Å²) in [6, 6.07) is 11.7. The van der Waals surface area contributed by atoms with Gasteiger partial charge in [-0.1, -0.05) is 38.1 Å². The molecule has 2 aromatic carbocycles. The number of aliphatic hydroxyl groups excluding tert-OH is 1. The van der Waals surface area contributed by atoms with E-state index in [0.717, 1.165) is 10.5 Å². The summed E-state index contributed by atoms with van der Waals surface area (Å²) in [5, 5.41) is 10.5. The number of carbonyl (C=O) groups excluding carboxylic acids is 2. The Hall–Kier alpha value is -2.73. The Labute approximate surface area is 158 Å². The number of carbonyl (C=O) groups is 2. The number of hydrogen-bond donors (Lipinski definition) is 1. The number of imide groups is 1. The molecule has 2 atom stereocenters. The number of anilines is 1. The molecule has 142 valence electrons. The fraction of sp³-hybridized carbons (Fsp3) is 0.333. The number of aliphatic hydroxyl groups is 1. The quantitative estimate of drug-likeness (QED) is 0.814. The predicted octanol–water partition coefficient (Wildman–Crippen LogP) is 3.84. The molecule has 0 bridgehead atoms. The second-order valence-electron chi connectivity index (χ2n) is 7.09. The van der Waals surface area contributed by atoms with Crippen molar-refractivity contribution >= 4 is 17.6 Å². The highest BCUT2D eigenvalue weighted by Gasteiger charge is 2.44. The zero-order valence-electron chi connectivity index (χ0n) is 15.6. The van der Waals surface area contributed by atoms with Crippen molar-refractivity contribution < 1.29 is 19.1 Å². The number of benzene rings is 2. The van der Waals surface area contributed by atoms with Gasteiger partial charge in [-0.2, -0.15) is 0 Å². The summed E-state index contributed by atoms with van der Waals surface area (Å²) < 4.78 is 13.1. The number of hydrogen-bond acceptors (Lipinski definition) is 3. The lowest BCUT2D eigenvalue weighted by Gasteiger charge is -2.21. The summed E-state index contributed by atoms with van der Waals surface area (Å²) in [4.78, 5) is 27.7. The maximum Gasteiger partial charge on any atom is 0.332 e. The van der Waals surface area contributed by atoms with Crippen molar-refractivity contribution in [2.75, 3.05) is 11.4 Å². The Balaban J connectivity index is 1.77. The second kappa shape index (κ2) is 7.48. The van der Waals surface area contributed by atoms with Crippen LogP contribution in [-0.2, 0) is 4.79 Å². The molecule has 0 spiro atoms. The summed E-state index contributed by atoms with van der Waals surface area (Å²) in [5.41, 5.74) is 2.24. The van der Waals surface area contributed by atoms with E-state index in [4.69, 9.17) is 0 Å². The fourth-order valence-electron chi connectivity index (χ4n) is 3.21. The monoisotopic (exact) mass is 370 g/mol. The van der Waals surface area contributed by atoms with E-state index in [1.807, 2.05) is 24.3 Å². The van der Waals surface area contributed by atoms with Crippen molar-refractivity contribution in [3.8, 4) is 0 Å². The Kier molecular flexibility index (Phi) is 5.28. The van der Waals surface area contributed by atoms with Gasteiger partial charge in [0.1, 0.15) is 11.9 Å². The van der Waals surface area contributed by atoms with Gasteiger partial charge in [-0.25, -0.2) is 9.18 Å². The number of nitrogens with zero attached hydrogens (tertiary/aromatic N) is 2. The third kappa shape index (κ3) is 3.71. The standard InChI is InChI=1S/C21H23FN2O3/c1-13(2)15-4-6-16(7-5-15)19(25)12-23-20(26)14(3)24(21(23)27)18-10-8-17(22)9-11-18/h4-11,13-14,19,25H,12H2,1-3H3/t14-,19-/m1/s1. The van der Waals surface area contributed by atoms with E-state index in [2.05, 4.69) is 13.8 Å². The van der Waals surface area contributed by atoms with Crippen molar-refractivity contribution in [2.45, 2.75) is 38.8 Å². The van der Waals surface area contributed by atoms with Crippen molar-refractivity contribution in [3.63, 3.8) is 0 Å². The molecule has 1 saturated heterocycles. The van der Waals surface area contributed by atoms with Crippen molar-refractivity contribution in [1.29, 1.82) is 0 Å². The lowest BCUT2D eigenvalue weighted by molar-refractivity contribution is -0.127. The summed E-state index contributed by atoms with van der Waals surface area (Å²) in [5.74, 6) is -0.424. The zero-order chi connectivity index (χ0) is 19.7. The van der Waals surface area contributed by atoms with Crippen LogP contribution < -0.4 is 4.90 Å². The summed E-state index contributed by atoms with van der Waals surface area (Å²) in [6.07, 6.45) is -0.973. The Morgan fingerprint density at radius 2 is 1.56 bits per heavy atom. The van der Waals surface area contributed by atoms with Gasteiger partial charge in [0.05, 0.1) is 12.6 Å². The first-order valence-corrected chi connectivity index (χ1v) is 8.97. The van der Waals surface area contributed by atoms with Gasteiger partial charge in [-0.3, -0.25) is 14.6 Å². The van der Waals surface area contributed by atoms with E-state index in [1.54, 1.807) is 6.92 Å². The van der Waals surface area contributed by atoms with Crippen LogP contribution in [-0.4, -0.2) is 34.5 Å². The van der Waals surface area contributed by atoms with E-state index in [0.29, 0.717) is 17.2 Å². The van der Waals surface area contributed by atoms with Crippen LogP contribution in [0.4, 0.5) is 14.9 Å². The van der Waals surface area contributed by atoms with E-state index in [9.17, 15) is 19.1 Å². The minimum Gasteiger partial charge on any atom is -0.387 e. The van der Waals surface area contributed by atoms with Crippen LogP contribution in [0.15, 0.2) is 48.5 Å². The number of β-amino-alcohol motifs (C(OH)–C–C–N with tert-alkyl or cyclic N) is 1. The molecule has 0 radical (unpaired) electrons. The van der Waals surface area contributed by atoms with Gasteiger partial charge in [0.15, 0.2) is 0 Å². The molecule has 0 saturated carbocycles. The Morgan fingerprint density at radius 1 is 1.00 bits per heavy atom. The highest BCUT2D eigenvalue weighted by atomic mass is 19.1. The van der Waals surface area contributed by atoms with Gasteiger partial charge in [0.2, 0.25) is 0 Å². The minimum absolute atomic E-state index is 0.124. The largest absolute Gasteiger partial charge is 0.387 e. The second-order valence-corrected chi connectivity index (χ2v) is 7.09. The fourth-order valence-corrected chi connectivity index (χ4v) is 3.21. The van der Waals surface area contributed by atoms with Crippen LogP contribution in [0.2, 0.25) is 0 Å². The Morgan fingerprint density at radius 3 is 2.11 bits per heavy atom. The number of amides is 3. The van der Waals surface area contributed by atoms with Crippen LogP contribution >= 0.6 is 0 Å². The molecule has 5 nitrogen and oxygen atoms in total. The van der Waals surface area contributed by atoms with Crippen LogP contribution in [0, 0.1) is 5.82 Å². The third-order valence-corrected chi connectivity index (χ3v) is 4.90. The van der Waals surface area contributed by atoms with Gasteiger partial charge in [-0.05, 0) is 48.2 Å². The molecule has 1 aliphatic rings. The molecule has 0 aromatic heterocycles. The van der Waals surface area contributed by atoms with Crippen molar-refractivity contribution in [2.24, 2.45) is 0 Å². The third-order valence-electron chi connectivity index (χ3n) is 4.90. The Bertz CT molecular complexity index is 834. The molecule has 1 N–H and O–H groups in total. The zero-order valence-corrected chi connectivity index (χ0v) is 15.6. The summed E-state index contributed by atoms with van der Waals surface area (Å²) in [6.45, 7) is 5.66. The van der Waals surface area contributed by atoms with E-state index < -0.39 is 24.0 Å². The molecule has 1 heterocycles. The number of rotatable bonds is 5. The smallest absolute Gasteiger partial charge is 0.332 e. The maximum atomic E-state index is 13.1. The van der Waals surface area contributed by atoms with Gasteiger partial charge in [0, 0.05) is 5.69 Å². The van der Waals surface area contributed by atoms with E-state index in [1.165, 1.54) is 29.2 Å². The topological polar surface area (TPSA) is 60.9 Å². The average molecular weight is 370 g/mol. The molecule has 0 aliphatic carbocycles. The lowest BCUT2D eigenvalue weighted by Crippen LogP contribution is -2.36. The molecule has 1 fully saturated rings. The molecule has 3 rings (SSSR count). The SMILES string of the molecule is CC(C)c1ccc([C@H](O)CN2C(=O)[C@@H](C)N(c3ccc(F)cc3)C2=O)cc1.